The molecule has 1 heterocycles. The summed E-state index contributed by atoms with van der Waals surface area (Å²) in [5.74, 6) is 0.735. The van der Waals surface area contributed by atoms with Gasteiger partial charge in [-0.1, -0.05) is 6.42 Å². The van der Waals surface area contributed by atoms with Gasteiger partial charge in [0.25, 0.3) is 0 Å². The Kier molecular flexibility index (Phi) is 3.33. The largest absolute Gasteiger partial charge is 0.328 e. The molecule has 0 radical (unpaired) electrons. The summed E-state index contributed by atoms with van der Waals surface area (Å²) in [5.41, 5.74) is 8.73. The molecule has 3 heteroatoms. The van der Waals surface area contributed by atoms with E-state index in [4.69, 9.17) is 5.73 Å². The monoisotopic (exact) mass is 221 g/mol. The molecule has 0 aliphatic heterocycles. The lowest BCUT2D eigenvalue weighted by Crippen LogP contribution is -2.22. The zero-order chi connectivity index (χ0) is 11.7. The quantitative estimate of drug-likeness (QED) is 0.849. The van der Waals surface area contributed by atoms with Crippen molar-refractivity contribution >= 4 is 0 Å². The van der Waals surface area contributed by atoms with Crippen LogP contribution < -0.4 is 5.73 Å². The van der Waals surface area contributed by atoms with Crippen LogP contribution in [0.2, 0.25) is 0 Å². The molecular formula is C13H23N3. The summed E-state index contributed by atoms with van der Waals surface area (Å²) in [5, 5.41) is 4.53. The molecule has 2 rings (SSSR count). The Morgan fingerprint density at radius 2 is 2.12 bits per heavy atom. The molecule has 1 fully saturated rings. The first-order valence-corrected chi connectivity index (χ1v) is 6.41. The molecule has 0 spiro atoms. The van der Waals surface area contributed by atoms with E-state index in [0.29, 0.717) is 6.04 Å². The topological polar surface area (TPSA) is 43.8 Å². The van der Waals surface area contributed by atoms with Gasteiger partial charge < -0.3 is 5.73 Å². The molecule has 1 aromatic rings. The maximum atomic E-state index is 5.90. The van der Waals surface area contributed by atoms with E-state index in [1.54, 1.807) is 0 Å². The van der Waals surface area contributed by atoms with Crippen LogP contribution >= 0.6 is 0 Å². The van der Waals surface area contributed by atoms with Gasteiger partial charge in [0.15, 0.2) is 0 Å². The lowest BCUT2D eigenvalue weighted by atomic mass is 9.80. The van der Waals surface area contributed by atoms with Gasteiger partial charge in [-0.2, -0.15) is 5.10 Å². The molecule has 1 aliphatic rings. The number of hydrogen-bond donors (Lipinski definition) is 1. The minimum absolute atomic E-state index is 0.226. The lowest BCUT2D eigenvalue weighted by Gasteiger charge is -2.29. The Hall–Kier alpha value is -0.830. The Balaban J connectivity index is 2.29. The van der Waals surface area contributed by atoms with E-state index in [9.17, 15) is 0 Å². The van der Waals surface area contributed by atoms with Crippen molar-refractivity contribution in [3.63, 3.8) is 0 Å². The molecule has 1 aromatic heterocycles. The molecule has 1 saturated carbocycles. The highest BCUT2D eigenvalue weighted by atomic mass is 15.3. The first-order valence-electron chi connectivity index (χ1n) is 6.41. The van der Waals surface area contributed by atoms with E-state index in [2.05, 4.69) is 30.6 Å². The first-order chi connectivity index (χ1) is 7.59. The number of rotatable bonds is 4. The average Bonchev–Trinajstić information content (AvgIpc) is 2.45. The molecule has 3 nitrogen and oxygen atoms in total. The van der Waals surface area contributed by atoms with Crippen molar-refractivity contribution < 1.29 is 0 Å². The van der Waals surface area contributed by atoms with Crippen LogP contribution in [0.25, 0.3) is 0 Å². The number of aromatic nitrogens is 2. The van der Waals surface area contributed by atoms with E-state index < -0.39 is 0 Å². The fourth-order valence-electron chi connectivity index (χ4n) is 2.45. The Labute approximate surface area is 98.0 Å². The van der Waals surface area contributed by atoms with Gasteiger partial charge in [0.1, 0.15) is 0 Å². The summed E-state index contributed by atoms with van der Waals surface area (Å²) >= 11 is 0. The van der Waals surface area contributed by atoms with Crippen molar-refractivity contribution in [1.29, 1.82) is 0 Å². The van der Waals surface area contributed by atoms with Crippen molar-refractivity contribution in [3.05, 3.63) is 17.5 Å². The fraction of sp³-hybridized carbons (Fsp3) is 0.769. The van der Waals surface area contributed by atoms with Crippen LogP contribution in [0.4, 0.5) is 0 Å². The second-order valence-electron chi connectivity index (χ2n) is 5.40. The predicted molar refractivity (Wildman–Crippen MR) is 66.6 cm³/mol. The van der Waals surface area contributed by atoms with E-state index in [0.717, 1.165) is 12.3 Å². The molecule has 1 aliphatic carbocycles. The minimum atomic E-state index is 0.226. The zero-order valence-electron chi connectivity index (χ0n) is 10.6. The van der Waals surface area contributed by atoms with Crippen LogP contribution in [0.3, 0.4) is 0 Å². The summed E-state index contributed by atoms with van der Waals surface area (Å²) in [6.45, 7) is 6.47. The molecule has 1 atom stereocenters. The number of nitrogens with zero attached hydrogens (tertiary/aromatic N) is 2. The lowest BCUT2D eigenvalue weighted by molar-refractivity contribution is 0.373. The van der Waals surface area contributed by atoms with Crippen molar-refractivity contribution in [3.8, 4) is 0 Å². The Morgan fingerprint density at radius 1 is 1.44 bits per heavy atom. The highest BCUT2D eigenvalue weighted by Crippen LogP contribution is 2.39. The fourth-order valence-corrected chi connectivity index (χ4v) is 2.45. The van der Waals surface area contributed by atoms with Gasteiger partial charge in [-0.15, -0.1) is 0 Å². The highest BCUT2D eigenvalue weighted by molar-refractivity contribution is 5.25. The summed E-state index contributed by atoms with van der Waals surface area (Å²) in [6.07, 6.45) is 7.00. The van der Waals surface area contributed by atoms with Gasteiger partial charge in [0.05, 0.1) is 6.20 Å². The van der Waals surface area contributed by atoms with Gasteiger partial charge in [-0.05, 0) is 45.6 Å². The normalized spacial score (nSPS) is 18.8. The zero-order valence-corrected chi connectivity index (χ0v) is 10.6. The Bertz CT molecular complexity index is 348. The van der Waals surface area contributed by atoms with Crippen LogP contribution in [0.15, 0.2) is 6.20 Å². The molecule has 0 bridgehead atoms. The Morgan fingerprint density at radius 3 is 2.56 bits per heavy atom. The second kappa shape index (κ2) is 4.58. The van der Waals surface area contributed by atoms with Crippen molar-refractivity contribution in [2.75, 3.05) is 0 Å². The minimum Gasteiger partial charge on any atom is -0.328 e. The first kappa shape index (κ1) is 11.6. The third-order valence-corrected chi connectivity index (χ3v) is 3.44. The van der Waals surface area contributed by atoms with Gasteiger partial charge in [0, 0.05) is 23.7 Å². The highest BCUT2D eigenvalue weighted by Gasteiger charge is 2.27. The van der Waals surface area contributed by atoms with Gasteiger partial charge in [-0.3, -0.25) is 4.68 Å². The van der Waals surface area contributed by atoms with Crippen molar-refractivity contribution in [2.24, 2.45) is 5.73 Å². The molecule has 0 aromatic carbocycles. The summed E-state index contributed by atoms with van der Waals surface area (Å²) in [4.78, 5) is 0. The summed E-state index contributed by atoms with van der Waals surface area (Å²) in [6, 6.07) is 0.682. The van der Waals surface area contributed by atoms with Crippen molar-refractivity contribution in [2.45, 2.75) is 64.5 Å². The van der Waals surface area contributed by atoms with E-state index >= 15 is 0 Å². The predicted octanol–water partition coefficient (Wildman–Crippen LogP) is 2.62. The number of hydrogen-bond acceptors (Lipinski definition) is 2. The average molecular weight is 221 g/mol. The van der Waals surface area contributed by atoms with Crippen molar-refractivity contribution in [1.82, 2.24) is 9.78 Å². The van der Waals surface area contributed by atoms with E-state index in [-0.39, 0.29) is 6.04 Å². The van der Waals surface area contributed by atoms with Crippen LogP contribution in [0.1, 0.15) is 63.3 Å². The van der Waals surface area contributed by atoms with Gasteiger partial charge in [-0.25, -0.2) is 0 Å². The smallest absolute Gasteiger partial charge is 0.0525 e. The molecule has 0 amide bonds. The molecule has 2 N–H and O–H groups in total. The SMILES string of the molecule is CC(N)Cc1cnn(C(C)C)c1C1CCC1. The van der Waals surface area contributed by atoms with Gasteiger partial charge >= 0.3 is 0 Å². The molecule has 0 saturated heterocycles. The molecule has 90 valence electrons. The van der Waals surface area contributed by atoms with Crippen LogP contribution in [0.5, 0.6) is 0 Å². The van der Waals surface area contributed by atoms with Crippen LogP contribution in [-0.2, 0) is 6.42 Å². The van der Waals surface area contributed by atoms with Crippen LogP contribution in [-0.4, -0.2) is 15.8 Å². The maximum absolute atomic E-state index is 5.90. The second-order valence-corrected chi connectivity index (χ2v) is 5.40. The summed E-state index contributed by atoms with van der Waals surface area (Å²) in [7, 11) is 0. The van der Waals surface area contributed by atoms with Gasteiger partial charge in [0.2, 0.25) is 0 Å². The maximum Gasteiger partial charge on any atom is 0.0525 e. The molecular weight excluding hydrogens is 198 g/mol. The van der Waals surface area contributed by atoms with E-state index in [1.165, 1.54) is 30.5 Å². The third kappa shape index (κ3) is 2.14. The molecule has 16 heavy (non-hydrogen) atoms. The summed E-state index contributed by atoms with van der Waals surface area (Å²) < 4.78 is 2.20. The van der Waals surface area contributed by atoms with Crippen LogP contribution in [0, 0.1) is 0 Å². The molecule has 1 unspecified atom stereocenters. The van der Waals surface area contributed by atoms with E-state index in [1.807, 2.05) is 6.20 Å². The number of nitrogens with two attached hydrogens (primary N) is 1. The standard InChI is InChI=1S/C13H23N3/c1-9(2)16-13(11-5-4-6-11)12(8-15-16)7-10(3)14/h8-11H,4-7,14H2,1-3H3. The third-order valence-electron chi connectivity index (χ3n) is 3.44.